The number of hydrogen-bond acceptors (Lipinski definition) is 2. The number of nitrogens with one attached hydrogen (secondary N) is 2. The number of amides is 1. The first kappa shape index (κ1) is 13.6. The van der Waals surface area contributed by atoms with Crippen LogP contribution in [0, 0.1) is 5.92 Å². The van der Waals surface area contributed by atoms with Crippen molar-refractivity contribution in [1.82, 2.24) is 10.3 Å². The minimum Gasteiger partial charge on any atom is -0.388 e. The zero-order valence-electron chi connectivity index (χ0n) is 10.5. The molecule has 1 amide bonds. The van der Waals surface area contributed by atoms with Crippen LogP contribution in [-0.2, 0) is 0 Å². The van der Waals surface area contributed by atoms with Crippen molar-refractivity contribution in [2.75, 3.05) is 6.54 Å². The second-order valence-corrected chi connectivity index (χ2v) is 6.26. The van der Waals surface area contributed by atoms with E-state index >= 15 is 0 Å². The Bertz CT molecular complexity index is 432. The van der Waals surface area contributed by atoms with Crippen LogP contribution in [-0.4, -0.2) is 28.1 Å². The largest absolute Gasteiger partial charge is 0.388 e. The molecule has 1 heterocycles. The number of aliphatic hydroxyl groups is 1. The number of hydrogen-bond donors (Lipinski definition) is 3. The predicted octanol–water partition coefficient (Wildman–Crippen LogP) is 2.45. The first-order chi connectivity index (χ1) is 8.48. The van der Waals surface area contributed by atoms with Gasteiger partial charge < -0.3 is 15.4 Å². The Hall–Kier alpha value is -0.810. The zero-order valence-corrected chi connectivity index (χ0v) is 12.1. The average Bonchev–Trinajstić information content (AvgIpc) is 2.73. The maximum absolute atomic E-state index is 11.9. The lowest BCUT2D eigenvalue weighted by atomic mass is 9.79. The van der Waals surface area contributed by atoms with Gasteiger partial charge in [-0.15, -0.1) is 0 Å². The molecule has 4 nitrogen and oxygen atoms in total. The van der Waals surface area contributed by atoms with Crippen molar-refractivity contribution in [3.05, 3.63) is 22.4 Å². The molecular formula is C13H19BrN2O2. The molecule has 0 aromatic carbocycles. The molecule has 1 aliphatic rings. The fourth-order valence-corrected chi connectivity index (χ4v) is 2.98. The van der Waals surface area contributed by atoms with Gasteiger partial charge in [-0.3, -0.25) is 4.79 Å². The number of halogens is 1. The standard InChI is InChI=1S/C13H19BrN2O2/c1-9-3-2-4-13(18,6-9)8-16-12(17)11-5-10(14)7-15-11/h5,7,9,15,18H,2-4,6,8H2,1H3,(H,16,17). The van der Waals surface area contributed by atoms with Crippen molar-refractivity contribution in [1.29, 1.82) is 0 Å². The highest BCUT2D eigenvalue weighted by Crippen LogP contribution is 2.31. The number of aromatic amines is 1. The number of rotatable bonds is 3. The van der Waals surface area contributed by atoms with Gasteiger partial charge in [-0.25, -0.2) is 0 Å². The molecular weight excluding hydrogens is 296 g/mol. The lowest BCUT2D eigenvalue weighted by Gasteiger charge is -2.35. The van der Waals surface area contributed by atoms with Gasteiger partial charge in [0.05, 0.1) is 5.60 Å². The fourth-order valence-electron chi connectivity index (χ4n) is 2.63. The molecule has 3 N–H and O–H groups in total. The summed E-state index contributed by atoms with van der Waals surface area (Å²) in [7, 11) is 0. The van der Waals surface area contributed by atoms with Crippen LogP contribution in [0.4, 0.5) is 0 Å². The van der Waals surface area contributed by atoms with E-state index in [0.29, 0.717) is 18.2 Å². The molecule has 5 heteroatoms. The second-order valence-electron chi connectivity index (χ2n) is 5.34. The summed E-state index contributed by atoms with van der Waals surface area (Å²) in [5.41, 5.74) is -0.230. The summed E-state index contributed by atoms with van der Waals surface area (Å²) in [6.07, 6.45) is 5.45. The van der Waals surface area contributed by atoms with Crippen LogP contribution in [0.15, 0.2) is 16.7 Å². The Morgan fingerprint density at radius 1 is 1.72 bits per heavy atom. The van der Waals surface area contributed by atoms with Crippen LogP contribution in [0.2, 0.25) is 0 Å². The first-order valence-corrected chi connectivity index (χ1v) is 7.12. The third-order valence-electron chi connectivity index (χ3n) is 3.54. The summed E-state index contributed by atoms with van der Waals surface area (Å²) in [6, 6.07) is 1.73. The van der Waals surface area contributed by atoms with E-state index in [1.165, 1.54) is 6.42 Å². The lowest BCUT2D eigenvalue weighted by molar-refractivity contribution is -0.0109. The van der Waals surface area contributed by atoms with Gasteiger partial charge in [0.1, 0.15) is 5.69 Å². The first-order valence-electron chi connectivity index (χ1n) is 6.33. The van der Waals surface area contributed by atoms with Crippen LogP contribution in [0.5, 0.6) is 0 Å². The fraction of sp³-hybridized carbons (Fsp3) is 0.615. The minimum atomic E-state index is -0.739. The van der Waals surface area contributed by atoms with E-state index < -0.39 is 5.60 Å². The quantitative estimate of drug-likeness (QED) is 0.802. The molecule has 0 radical (unpaired) electrons. The molecule has 0 saturated heterocycles. The van der Waals surface area contributed by atoms with Gasteiger partial charge in [0.2, 0.25) is 0 Å². The Morgan fingerprint density at radius 3 is 3.11 bits per heavy atom. The van der Waals surface area contributed by atoms with Crippen LogP contribution < -0.4 is 5.32 Å². The van der Waals surface area contributed by atoms with E-state index in [2.05, 4.69) is 33.2 Å². The van der Waals surface area contributed by atoms with Crippen molar-refractivity contribution in [2.24, 2.45) is 5.92 Å². The Labute approximate surface area is 115 Å². The van der Waals surface area contributed by atoms with E-state index in [4.69, 9.17) is 0 Å². The molecule has 100 valence electrons. The lowest BCUT2D eigenvalue weighted by Crippen LogP contribution is -2.45. The molecule has 1 saturated carbocycles. The SMILES string of the molecule is CC1CCCC(O)(CNC(=O)c2cc(Br)c[nH]2)C1. The molecule has 0 aliphatic heterocycles. The summed E-state index contributed by atoms with van der Waals surface area (Å²) in [5.74, 6) is 0.354. The average molecular weight is 315 g/mol. The number of aromatic nitrogens is 1. The molecule has 1 fully saturated rings. The molecule has 2 rings (SSSR count). The Morgan fingerprint density at radius 2 is 2.50 bits per heavy atom. The van der Waals surface area contributed by atoms with E-state index in [-0.39, 0.29) is 5.91 Å². The van der Waals surface area contributed by atoms with Gasteiger partial charge in [0.25, 0.3) is 5.91 Å². The number of H-pyrrole nitrogens is 1. The minimum absolute atomic E-state index is 0.174. The van der Waals surface area contributed by atoms with Crippen LogP contribution >= 0.6 is 15.9 Å². The molecule has 0 bridgehead atoms. The third kappa shape index (κ3) is 3.36. The van der Waals surface area contributed by atoms with Gasteiger partial charge in [-0.1, -0.05) is 19.8 Å². The predicted molar refractivity (Wildman–Crippen MR) is 73.4 cm³/mol. The second kappa shape index (κ2) is 5.45. The highest BCUT2D eigenvalue weighted by molar-refractivity contribution is 9.10. The van der Waals surface area contributed by atoms with E-state index in [1.54, 1.807) is 12.3 Å². The molecule has 1 aliphatic carbocycles. The summed E-state index contributed by atoms with van der Waals surface area (Å²) < 4.78 is 0.845. The number of carbonyl (C=O) groups is 1. The third-order valence-corrected chi connectivity index (χ3v) is 4.00. The molecule has 1 aromatic heterocycles. The molecule has 0 spiro atoms. The van der Waals surface area contributed by atoms with Crippen molar-refractivity contribution in [2.45, 2.75) is 38.2 Å². The zero-order chi connectivity index (χ0) is 13.2. The van der Waals surface area contributed by atoms with Gasteiger partial charge in [0, 0.05) is 17.2 Å². The highest BCUT2D eigenvalue weighted by Gasteiger charge is 2.32. The molecule has 1 aromatic rings. The van der Waals surface area contributed by atoms with Gasteiger partial charge in [0.15, 0.2) is 0 Å². The maximum Gasteiger partial charge on any atom is 0.267 e. The molecule has 2 unspecified atom stereocenters. The van der Waals surface area contributed by atoms with Crippen LogP contribution in [0.3, 0.4) is 0 Å². The van der Waals surface area contributed by atoms with Gasteiger partial charge in [-0.05, 0) is 40.8 Å². The monoisotopic (exact) mass is 314 g/mol. The molecule has 18 heavy (non-hydrogen) atoms. The Balaban J connectivity index is 1.89. The summed E-state index contributed by atoms with van der Waals surface area (Å²) in [4.78, 5) is 14.7. The van der Waals surface area contributed by atoms with E-state index in [0.717, 1.165) is 23.7 Å². The smallest absolute Gasteiger partial charge is 0.267 e. The maximum atomic E-state index is 11.9. The summed E-state index contributed by atoms with van der Waals surface area (Å²) >= 11 is 3.29. The summed E-state index contributed by atoms with van der Waals surface area (Å²) in [6.45, 7) is 2.47. The Kier molecular flexibility index (Phi) is 4.12. The summed E-state index contributed by atoms with van der Waals surface area (Å²) in [5, 5.41) is 13.2. The van der Waals surface area contributed by atoms with Crippen molar-refractivity contribution < 1.29 is 9.90 Å². The van der Waals surface area contributed by atoms with E-state index in [9.17, 15) is 9.90 Å². The van der Waals surface area contributed by atoms with Gasteiger partial charge in [-0.2, -0.15) is 0 Å². The van der Waals surface area contributed by atoms with Crippen molar-refractivity contribution in [3.63, 3.8) is 0 Å². The van der Waals surface area contributed by atoms with Gasteiger partial charge >= 0.3 is 0 Å². The molecule has 2 atom stereocenters. The van der Waals surface area contributed by atoms with E-state index in [1.807, 2.05) is 0 Å². The van der Waals surface area contributed by atoms with Crippen LogP contribution in [0.1, 0.15) is 43.1 Å². The highest BCUT2D eigenvalue weighted by atomic mass is 79.9. The van der Waals surface area contributed by atoms with Crippen molar-refractivity contribution in [3.8, 4) is 0 Å². The number of carbonyl (C=O) groups excluding carboxylic acids is 1. The normalized spacial score (nSPS) is 28.1. The topological polar surface area (TPSA) is 65.1 Å². The van der Waals surface area contributed by atoms with Crippen LogP contribution in [0.25, 0.3) is 0 Å². The van der Waals surface area contributed by atoms with Crippen molar-refractivity contribution >= 4 is 21.8 Å².